The number of carbonyl (C=O) groups excluding carboxylic acids is 2. The maximum Gasteiger partial charge on any atom is 0.255 e. The number of hydrogen-bond donors (Lipinski definition) is 0. The predicted octanol–water partition coefficient (Wildman–Crippen LogP) is 3.93. The van der Waals surface area contributed by atoms with Crippen LogP contribution in [0.5, 0.6) is 0 Å². The van der Waals surface area contributed by atoms with Crippen molar-refractivity contribution in [1.29, 1.82) is 0 Å². The van der Waals surface area contributed by atoms with Gasteiger partial charge in [-0.2, -0.15) is 0 Å². The maximum atomic E-state index is 13.0. The Morgan fingerprint density at radius 1 is 0.929 bits per heavy atom. The quantitative estimate of drug-likeness (QED) is 0.768. The molecule has 0 bridgehead atoms. The van der Waals surface area contributed by atoms with Gasteiger partial charge in [0, 0.05) is 42.9 Å². The summed E-state index contributed by atoms with van der Waals surface area (Å²) in [5.41, 5.74) is 3.49. The first kappa shape index (κ1) is 19.2. The van der Waals surface area contributed by atoms with Gasteiger partial charge in [-0.15, -0.1) is 11.3 Å². The molecule has 2 heterocycles. The molecule has 1 saturated heterocycles. The van der Waals surface area contributed by atoms with Crippen molar-refractivity contribution in [3.8, 4) is 0 Å². The SMILES string of the molecule is O=C(CCCc1ccccc1)N1CCN(C(=O)c2csc3c2CCCC3)CC1. The molecule has 0 unspecified atom stereocenters. The Labute approximate surface area is 171 Å². The zero-order valence-electron chi connectivity index (χ0n) is 16.4. The Kier molecular flexibility index (Phi) is 6.10. The molecule has 2 amide bonds. The minimum Gasteiger partial charge on any atom is -0.339 e. The standard InChI is InChI=1S/C23H28N2O2S/c26-22(12-6-9-18-7-2-1-3-8-18)24-13-15-25(16-14-24)23(27)20-17-28-21-11-5-4-10-19(20)21/h1-3,7-8,17H,4-6,9-16H2. The molecule has 1 aliphatic heterocycles. The average Bonchev–Trinajstić information content (AvgIpc) is 3.18. The van der Waals surface area contributed by atoms with Crippen LogP contribution in [-0.4, -0.2) is 47.8 Å². The molecule has 148 valence electrons. The monoisotopic (exact) mass is 396 g/mol. The van der Waals surface area contributed by atoms with E-state index in [0.29, 0.717) is 32.6 Å². The fourth-order valence-electron chi connectivity index (χ4n) is 4.25. The first-order chi connectivity index (χ1) is 13.7. The molecule has 0 N–H and O–H groups in total. The third-order valence-electron chi connectivity index (χ3n) is 5.91. The summed E-state index contributed by atoms with van der Waals surface area (Å²) in [5, 5.41) is 2.05. The van der Waals surface area contributed by atoms with Crippen molar-refractivity contribution in [2.24, 2.45) is 0 Å². The van der Waals surface area contributed by atoms with Crippen molar-refractivity contribution in [2.45, 2.75) is 44.9 Å². The van der Waals surface area contributed by atoms with Crippen molar-refractivity contribution in [2.75, 3.05) is 26.2 Å². The second kappa shape index (κ2) is 8.91. The normalized spacial score (nSPS) is 16.7. The summed E-state index contributed by atoms with van der Waals surface area (Å²) in [6.07, 6.45) is 7.00. The molecule has 2 aliphatic rings. The number of thiophene rings is 1. The van der Waals surface area contributed by atoms with Gasteiger partial charge in [-0.05, 0) is 49.7 Å². The molecular weight excluding hydrogens is 368 g/mol. The van der Waals surface area contributed by atoms with E-state index in [0.717, 1.165) is 31.2 Å². The highest BCUT2D eigenvalue weighted by Crippen LogP contribution is 2.31. The lowest BCUT2D eigenvalue weighted by molar-refractivity contribution is -0.132. The second-order valence-corrected chi connectivity index (χ2v) is 8.73. The number of aryl methyl sites for hydroxylation is 2. The van der Waals surface area contributed by atoms with Crippen molar-refractivity contribution in [1.82, 2.24) is 9.80 Å². The van der Waals surface area contributed by atoms with E-state index in [9.17, 15) is 9.59 Å². The van der Waals surface area contributed by atoms with E-state index in [1.54, 1.807) is 11.3 Å². The lowest BCUT2D eigenvalue weighted by atomic mass is 9.95. The van der Waals surface area contributed by atoms with E-state index in [4.69, 9.17) is 0 Å². The first-order valence-corrected chi connectivity index (χ1v) is 11.3. The van der Waals surface area contributed by atoms with Gasteiger partial charge >= 0.3 is 0 Å². The number of amides is 2. The highest BCUT2D eigenvalue weighted by atomic mass is 32.1. The van der Waals surface area contributed by atoms with Crippen molar-refractivity contribution >= 4 is 23.2 Å². The number of benzene rings is 1. The van der Waals surface area contributed by atoms with Crippen LogP contribution >= 0.6 is 11.3 Å². The number of hydrogen-bond acceptors (Lipinski definition) is 3. The molecule has 4 nitrogen and oxygen atoms in total. The summed E-state index contributed by atoms with van der Waals surface area (Å²) in [7, 11) is 0. The highest BCUT2D eigenvalue weighted by Gasteiger charge is 2.28. The van der Waals surface area contributed by atoms with Crippen LogP contribution < -0.4 is 0 Å². The van der Waals surface area contributed by atoms with Gasteiger partial charge in [0.1, 0.15) is 0 Å². The molecule has 1 aromatic heterocycles. The Hall–Kier alpha value is -2.14. The number of piperazine rings is 1. The molecule has 0 radical (unpaired) electrons. The third-order valence-corrected chi connectivity index (χ3v) is 7.00. The van der Waals surface area contributed by atoms with E-state index < -0.39 is 0 Å². The number of nitrogens with zero attached hydrogens (tertiary/aromatic N) is 2. The van der Waals surface area contributed by atoms with Gasteiger partial charge in [-0.1, -0.05) is 30.3 Å². The highest BCUT2D eigenvalue weighted by molar-refractivity contribution is 7.10. The Bertz CT molecular complexity index is 822. The lowest BCUT2D eigenvalue weighted by Crippen LogP contribution is -2.50. The summed E-state index contributed by atoms with van der Waals surface area (Å²) in [6.45, 7) is 2.60. The van der Waals surface area contributed by atoms with Crippen LogP contribution in [0.25, 0.3) is 0 Å². The van der Waals surface area contributed by atoms with Crippen LogP contribution in [0.3, 0.4) is 0 Å². The van der Waals surface area contributed by atoms with Crippen molar-refractivity contribution in [3.63, 3.8) is 0 Å². The summed E-state index contributed by atoms with van der Waals surface area (Å²) >= 11 is 1.74. The van der Waals surface area contributed by atoms with Crippen LogP contribution in [-0.2, 0) is 24.1 Å². The first-order valence-electron chi connectivity index (χ1n) is 10.4. The molecule has 4 rings (SSSR count). The second-order valence-electron chi connectivity index (χ2n) is 7.77. The van der Waals surface area contributed by atoms with Gasteiger partial charge in [0.15, 0.2) is 0 Å². The van der Waals surface area contributed by atoms with E-state index in [1.807, 2.05) is 28.0 Å². The Morgan fingerprint density at radius 3 is 2.43 bits per heavy atom. The molecular formula is C23H28N2O2S. The molecule has 2 aromatic rings. The molecule has 0 atom stereocenters. The molecule has 1 aliphatic carbocycles. The van der Waals surface area contributed by atoms with Gasteiger partial charge in [-0.25, -0.2) is 0 Å². The van der Waals surface area contributed by atoms with E-state index in [-0.39, 0.29) is 11.8 Å². The van der Waals surface area contributed by atoms with E-state index in [1.165, 1.54) is 28.8 Å². The Morgan fingerprint density at radius 2 is 1.64 bits per heavy atom. The van der Waals surface area contributed by atoms with Crippen LogP contribution in [0, 0.1) is 0 Å². The summed E-state index contributed by atoms with van der Waals surface area (Å²) in [6, 6.07) is 10.3. The third kappa shape index (κ3) is 4.30. The van der Waals surface area contributed by atoms with Crippen molar-refractivity contribution < 1.29 is 9.59 Å². The molecule has 0 spiro atoms. The summed E-state index contributed by atoms with van der Waals surface area (Å²) < 4.78 is 0. The van der Waals surface area contributed by atoms with Crippen molar-refractivity contribution in [3.05, 3.63) is 57.3 Å². The number of carbonyl (C=O) groups is 2. The minimum absolute atomic E-state index is 0.163. The molecule has 1 aromatic carbocycles. The van der Waals surface area contributed by atoms with Gasteiger partial charge in [0.2, 0.25) is 5.91 Å². The zero-order valence-corrected chi connectivity index (χ0v) is 17.2. The van der Waals surface area contributed by atoms with Crippen LogP contribution in [0.1, 0.15) is 52.0 Å². The van der Waals surface area contributed by atoms with Gasteiger partial charge in [0.25, 0.3) is 5.91 Å². The molecule has 1 fully saturated rings. The molecule has 28 heavy (non-hydrogen) atoms. The minimum atomic E-state index is 0.163. The molecule has 0 saturated carbocycles. The smallest absolute Gasteiger partial charge is 0.255 e. The van der Waals surface area contributed by atoms with Gasteiger partial charge < -0.3 is 9.80 Å². The van der Waals surface area contributed by atoms with Crippen LogP contribution in [0.4, 0.5) is 0 Å². The number of rotatable bonds is 5. The lowest BCUT2D eigenvalue weighted by Gasteiger charge is -2.35. The zero-order chi connectivity index (χ0) is 19.3. The topological polar surface area (TPSA) is 40.6 Å². The van der Waals surface area contributed by atoms with E-state index >= 15 is 0 Å². The van der Waals surface area contributed by atoms with E-state index in [2.05, 4.69) is 17.5 Å². The fraction of sp³-hybridized carbons (Fsp3) is 0.478. The molecule has 5 heteroatoms. The summed E-state index contributed by atoms with van der Waals surface area (Å²) in [4.78, 5) is 30.7. The predicted molar refractivity (Wildman–Crippen MR) is 113 cm³/mol. The fourth-order valence-corrected chi connectivity index (χ4v) is 5.37. The maximum absolute atomic E-state index is 13.0. The largest absolute Gasteiger partial charge is 0.339 e. The average molecular weight is 397 g/mol. The van der Waals surface area contributed by atoms with Crippen LogP contribution in [0.2, 0.25) is 0 Å². The summed E-state index contributed by atoms with van der Waals surface area (Å²) in [5.74, 6) is 0.381. The van der Waals surface area contributed by atoms with Gasteiger partial charge in [0.05, 0.1) is 5.56 Å². The Balaban J connectivity index is 1.25. The number of fused-ring (bicyclic) bond motifs is 1. The van der Waals surface area contributed by atoms with Gasteiger partial charge in [-0.3, -0.25) is 9.59 Å². The van der Waals surface area contributed by atoms with Crippen LogP contribution in [0.15, 0.2) is 35.7 Å².